The highest BCUT2D eigenvalue weighted by molar-refractivity contribution is 6.30. The Morgan fingerprint density at radius 2 is 1.94 bits per heavy atom. The van der Waals surface area contributed by atoms with Crippen LogP contribution in [0.1, 0.15) is 22.7 Å². The molecule has 2 rings (SSSR count). The first-order valence-corrected chi connectivity index (χ1v) is 6.18. The van der Waals surface area contributed by atoms with Crippen LogP contribution >= 0.6 is 11.6 Å². The molecule has 2 aromatic rings. The molecule has 0 aliphatic rings. The molecule has 0 aliphatic heterocycles. The average Bonchev–Trinajstić information content (AvgIpc) is 2.35. The van der Waals surface area contributed by atoms with E-state index in [1.807, 2.05) is 44.3 Å². The molecular weight excluding hydrogens is 249 g/mol. The molecule has 1 unspecified atom stereocenters. The van der Waals surface area contributed by atoms with Crippen molar-refractivity contribution in [3.8, 4) is 0 Å². The highest BCUT2D eigenvalue weighted by Crippen LogP contribution is 2.26. The van der Waals surface area contributed by atoms with E-state index in [0.717, 1.165) is 11.1 Å². The van der Waals surface area contributed by atoms with Gasteiger partial charge in [-0.15, -0.1) is 0 Å². The van der Waals surface area contributed by atoms with E-state index < -0.39 is 0 Å². The zero-order valence-electron chi connectivity index (χ0n) is 10.4. The maximum absolute atomic E-state index is 13.9. The SMILES string of the molecule is CNC(c1cccc(Cl)c1)c1cc(C)ccc1F. The molecule has 0 amide bonds. The molecule has 0 heterocycles. The van der Waals surface area contributed by atoms with Gasteiger partial charge in [0.05, 0.1) is 6.04 Å². The summed E-state index contributed by atoms with van der Waals surface area (Å²) in [6.07, 6.45) is 0. The molecule has 0 aromatic heterocycles. The van der Waals surface area contributed by atoms with Crippen molar-refractivity contribution in [2.45, 2.75) is 13.0 Å². The molecule has 94 valence electrons. The van der Waals surface area contributed by atoms with Crippen LogP contribution in [0, 0.1) is 12.7 Å². The summed E-state index contributed by atoms with van der Waals surface area (Å²) in [6.45, 7) is 1.95. The maximum atomic E-state index is 13.9. The lowest BCUT2D eigenvalue weighted by molar-refractivity contribution is 0.575. The Morgan fingerprint density at radius 3 is 2.61 bits per heavy atom. The van der Waals surface area contributed by atoms with Gasteiger partial charge in [0.25, 0.3) is 0 Å². The third-order valence-corrected chi connectivity index (χ3v) is 3.17. The fourth-order valence-corrected chi connectivity index (χ4v) is 2.27. The third kappa shape index (κ3) is 2.71. The van der Waals surface area contributed by atoms with E-state index in [-0.39, 0.29) is 11.9 Å². The number of benzene rings is 2. The van der Waals surface area contributed by atoms with Crippen molar-refractivity contribution in [1.82, 2.24) is 5.32 Å². The van der Waals surface area contributed by atoms with Gasteiger partial charge in [0.2, 0.25) is 0 Å². The first-order valence-electron chi connectivity index (χ1n) is 5.80. The van der Waals surface area contributed by atoms with Crippen LogP contribution < -0.4 is 5.32 Å². The Balaban J connectivity index is 2.48. The van der Waals surface area contributed by atoms with Crippen LogP contribution in [-0.2, 0) is 0 Å². The molecule has 0 radical (unpaired) electrons. The number of hydrogen-bond donors (Lipinski definition) is 1. The van der Waals surface area contributed by atoms with Gasteiger partial charge in [0.1, 0.15) is 5.82 Å². The molecule has 0 saturated heterocycles. The number of halogens is 2. The van der Waals surface area contributed by atoms with E-state index in [1.165, 1.54) is 6.07 Å². The predicted molar refractivity (Wildman–Crippen MR) is 73.5 cm³/mol. The van der Waals surface area contributed by atoms with Crippen molar-refractivity contribution >= 4 is 11.6 Å². The average molecular weight is 264 g/mol. The van der Waals surface area contributed by atoms with Crippen LogP contribution in [0.15, 0.2) is 42.5 Å². The molecule has 3 heteroatoms. The quantitative estimate of drug-likeness (QED) is 0.879. The minimum absolute atomic E-state index is 0.191. The smallest absolute Gasteiger partial charge is 0.128 e. The van der Waals surface area contributed by atoms with Crippen LogP contribution in [0.4, 0.5) is 4.39 Å². The summed E-state index contributed by atoms with van der Waals surface area (Å²) in [5.41, 5.74) is 2.63. The number of aryl methyl sites for hydroxylation is 1. The van der Waals surface area contributed by atoms with Crippen LogP contribution in [0.3, 0.4) is 0 Å². The van der Waals surface area contributed by atoms with Gasteiger partial charge in [-0.2, -0.15) is 0 Å². The summed E-state index contributed by atoms with van der Waals surface area (Å²) in [6, 6.07) is 12.4. The predicted octanol–water partition coefficient (Wildman–Crippen LogP) is 4.10. The Kier molecular flexibility index (Phi) is 4.00. The fraction of sp³-hybridized carbons (Fsp3) is 0.200. The van der Waals surface area contributed by atoms with Crippen molar-refractivity contribution in [1.29, 1.82) is 0 Å². The third-order valence-electron chi connectivity index (χ3n) is 2.93. The molecule has 0 fully saturated rings. The van der Waals surface area contributed by atoms with E-state index >= 15 is 0 Å². The zero-order chi connectivity index (χ0) is 13.1. The lowest BCUT2D eigenvalue weighted by atomic mass is 9.97. The largest absolute Gasteiger partial charge is 0.309 e. The second kappa shape index (κ2) is 5.51. The first-order chi connectivity index (χ1) is 8.61. The van der Waals surface area contributed by atoms with Gasteiger partial charge in [0.15, 0.2) is 0 Å². The second-order valence-electron chi connectivity index (χ2n) is 4.30. The highest BCUT2D eigenvalue weighted by Gasteiger charge is 2.16. The molecule has 2 aromatic carbocycles. The van der Waals surface area contributed by atoms with Crippen molar-refractivity contribution in [3.05, 3.63) is 70.0 Å². The van der Waals surface area contributed by atoms with Crippen molar-refractivity contribution in [3.63, 3.8) is 0 Å². The molecule has 1 nitrogen and oxygen atoms in total. The van der Waals surface area contributed by atoms with E-state index in [1.54, 1.807) is 6.07 Å². The summed E-state index contributed by atoms with van der Waals surface area (Å²) in [5.74, 6) is -0.208. The summed E-state index contributed by atoms with van der Waals surface area (Å²) < 4.78 is 13.9. The van der Waals surface area contributed by atoms with Crippen LogP contribution in [-0.4, -0.2) is 7.05 Å². The fourth-order valence-electron chi connectivity index (χ4n) is 2.07. The summed E-state index contributed by atoms with van der Waals surface area (Å²) in [7, 11) is 1.81. The molecule has 0 aliphatic carbocycles. The lowest BCUT2D eigenvalue weighted by Crippen LogP contribution is -2.19. The molecule has 0 spiro atoms. The molecule has 0 saturated carbocycles. The van der Waals surface area contributed by atoms with Crippen LogP contribution in [0.5, 0.6) is 0 Å². The van der Waals surface area contributed by atoms with E-state index in [9.17, 15) is 4.39 Å². The first kappa shape index (κ1) is 13.1. The van der Waals surface area contributed by atoms with Gasteiger partial charge in [-0.25, -0.2) is 4.39 Å². The minimum atomic E-state index is -0.208. The molecular formula is C15H15ClFN. The Hall–Kier alpha value is -1.38. The lowest BCUT2D eigenvalue weighted by Gasteiger charge is -2.18. The van der Waals surface area contributed by atoms with E-state index in [4.69, 9.17) is 11.6 Å². The highest BCUT2D eigenvalue weighted by atomic mass is 35.5. The second-order valence-corrected chi connectivity index (χ2v) is 4.74. The molecule has 0 bridgehead atoms. The molecule has 1 atom stereocenters. The van der Waals surface area contributed by atoms with Gasteiger partial charge in [-0.3, -0.25) is 0 Å². The Bertz CT molecular complexity index is 554. The Morgan fingerprint density at radius 1 is 1.17 bits per heavy atom. The Labute approximate surface area is 112 Å². The van der Waals surface area contributed by atoms with E-state index in [0.29, 0.717) is 10.6 Å². The summed E-state index contributed by atoms with van der Waals surface area (Å²) >= 11 is 5.98. The standard InChI is InChI=1S/C15H15ClFN/c1-10-6-7-14(17)13(8-10)15(18-2)11-4-3-5-12(16)9-11/h3-9,15,18H,1-2H3. The van der Waals surface area contributed by atoms with Gasteiger partial charge in [-0.1, -0.05) is 41.4 Å². The zero-order valence-corrected chi connectivity index (χ0v) is 11.1. The number of rotatable bonds is 3. The monoisotopic (exact) mass is 263 g/mol. The van der Waals surface area contributed by atoms with E-state index in [2.05, 4.69) is 5.32 Å². The number of hydrogen-bond acceptors (Lipinski definition) is 1. The van der Waals surface area contributed by atoms with Gasteiger partial charge >= 0.3 is 0 Å². The van der Waals surface area contributed by atoms with Crippen molar-refractivity contribution < 1.29 is 4.39 Å². The summed E-state index contributed by atoms with van der Waals surface area (Å²) in [5, 5.41) is 3.78. The minimum Gasteiger partial charge on any atom is -0.309 e. The van der Waals surface area contributed by atoms with Crippen molar-refractivity contribution in [2.24, 2.45) is 0 Å². The van der Waals surface area contributed by atoms with Gasteiger partial charge < -0.3 is 5.32 Å². The summed E-state index contributed by atoms with van der Waals surface area (Å²) in [4.78, 5) is 0. The van der Waals surface area contributed by atoms with Crippen LogP contribution in [0.25, 0.3) is 0 Å². The normalized spacial score (nSPS) is 12.4. The number of nitrogens with one attached hydrogen (secondary N) is 1. The van der Waals surface area contributed by atoms with Gasteiger partial charge in [-0.05, 0) is 37.7 Å². The topological polar surface area (TPSA) is 12.0 Å². The van der Waals surface area contributed by atoms with Gasteiger partial charge in [0, 0.05) is 10.6 Å². The van der Waals surface area contributed by atoms with Crippen molar-refractivity contribution in [2.75, 3.05) is 7.05 Å². The molecule has 18 heavy (non-hydrogen) atoms. The van der Waals surface area contributed by atoms with Crippen LogP contribution in [0.2, 0.25) is 5.02 Å². The maximum Gasteiger partial charge on any atom is 0.128 e. The molecule has 1 N–H and O–H groups in total.